The minimum atomic E-state index is 0.256. The molecule has 0 radical (unpaired) electrons. The summed E-state index contributed by atoms with van der Waals surface area (Å²) in [7, 11) is 0. The molecule has 2 rings (SSSR count). The third-order valence-electron chi connectivity index (χ3n) is 2.56. The van der Waals surface area contributed by atoms with Gasteiger partial charge in [-0.25, -0.2) is 0 Å². The number of rotatable bonds is 6. The molecule has 0 spiro atoms. The molecule has 0 atom stereocenters. The van der Waals surface area contributed by atoms with Crippen molar-refractivity contribution in [1.82, 2.24) is 0 Å². The summed E-state index contributed by atoms with van der Waals surface area (Å²) in [4.78, 5) is 10.7. The first-order valence-corrected chi connectivity index (χ1v) is 7.19. The molecule has 110 valence electrons. The number of ether oxygens (including phenoxy) is 2. The van der Waals surface area contributed by atoms with Crippen LogP contribution in [0.5, 0.6) is 11.5 Å². The lowest BCUT2D eigenvalue weighted by Crippen LogP contribution is -2.09. The lowest BCUT2D eigenvalue weighted by molar-refractivity contribution is 0.112. The van der Waals surface area contributed by atoms with Crippen molar-refractivity contribution in [2.24, 2.45) is 0 Å². The summed E-state index contributed by atoms with van der Waals surface area (Å²) in [5.74, 6) is 0.962. The summed E-state index contributed by atoms with van der Waals surface area (Å²) in [5, 5.41) is 1.13. The summed E-state index contributed by atoms with van der Waals surface area (Å²) in [6, 6.07) is 9.96. The first kappa shape index (κ1) is 16.0. The van der Waals surface area contributed by atoms with Gasteiger partial charge in [-0.05, 0) is 24.3 Å². The molecule has 2 aromatic carbocycles. The molecule has 0 aliphatic carbocycles. The van der Waals surface area contributed by atoms with Gasteiger partial charge in [0.2, 0.25) is 0 Å². The van der Waals surface area contributed by atoms with E-state index >= 15 is 0 Å². The maximum absolute atomic E-state index is 10.7. The van der Waals surface area contributed by atoms with Crippen molar-refractivity contribution in [3.8, 4) is 11.5 Å². The standard InChI is InChI=1S/C15H11Cl3O3/c16-11-7-13(17)15(14(18)8-11)21-5-4-20-12-3-1-2-10(6-12)9-19/h1-3,6-9H,4-5H2. The van der Waals surface area contributed by atoms with Crippen LogP contribution in [-0.4, -0.2) is 19.5 Å². The molecule has 0 amide bonds. The Labute approximate surface area is 137 Å². The van der Waals surface area contributed by atoms with E-state index in [0.29, 0.717) is 32.1 Å². The summed E-state index contributed by atoms with van der Waals surface area (Å²) in [6.07, 6.45) is 0.761. The Morgan fingerprint density at radius 2 is 1.62 bits per heavy atom. The van der Waals surface area contributed by atoms with Crippen LogP contribution in [0.15, 0.2) is 36.4 Å². The van der Waals surface area contributed by atoms with Gasteiger partial charge in [0.25, 0.3) is 0 Å². The third kappa shape index (κ3) is 4.53. The first-order valence-electron chi connectivity index (χ1n) is 6.05. The second kappa shape index (κ2) is 7.55. The summed E-state index contributed by atoms with van der Waals surface area (Å²) in [5.41, 5.74) is 0.553. The van der Waals surface area contributed by atoms with Crippen LogP contribution >= 0.6 is 34.8 Å². The predicted molar refractivity (Wildman–Crippen MR) is 84.3 cm³/mol. The molecule has 0 aliphatic heterocycles. The second-order valence-corrected chi connectivity index (χ2v) is 5.34. The average molecular weight is 346 g/mol. The highest BCUT2D eigenvalue weighted by Gasteiger charge is 2.09. The first-order chi connectivity index (χ1) is 10.1. The minimum absolute atomic E-state index is 0.256. The topological polar surface area (TPSA) is 35.5 Å². The van der Waals surface area contributed by atoms with Gasteiger partial charge in [-0.3, -0.25) is 4.79 Å². The number of carbonyl (C=O) groups is 1. The molecule has 0 bridgehead atoms. The molecular formula is C15H11Cl3O3. The summed E-state index contributed by atoms with van der Waals surface area (Å²) in [6.45, 7) is 0.546. The zero-order valence-corrected chi connectivity index (χ0v) is 13.1. The predicted octanol–water partition coefficient (Wildman–Crippen LogP) is 4.92. The Hall–Kier alpha value is -1.42. The maximum atomic E-state index is 10.7. The van der Waals surface area contributed by atoms with E-state index in [2.05, 4.69) is 0 Å². The number of hydrogen-bond acceptors (Lipinski definition) is 3. The average Bonchev–Trinajstić information content (AvgIpc) is 2.45. The van der Waals surface area contributed by atoms with E-state index in [1.165, 1.54) is 0 Å². The van der Waals surface area contributed by atoms with E-state index in [0.717, 1.165) is 6.29 Å². The van der Waals surface area contributed by atoms with Crippen molar-refractivity contribution in [2.45, 2.75) is 0 Å². The quantitative estimate of drug-likeness (QED) is 0.551. The lowest BCUT2D eigenvalue weighted by Gasteiger charge is -2.11. The van der Waals surface area contributed by atoms with Crippen molar-refractivity contribution in [3.05, 3.63) is 57.0 Å². The fraction of sp³-hybridized carbons (Fsp3) is 0.133. The highest BCUT2D eigenvalue weighted by Crippen LogP contribution is 2.35. The molecule has 6 heteroatoms. The molecular weight excluding hydrogens is 335 g/mol. The van der Waals surface area contributed by atoms with Crippen molar-refractivity contribution in [2.75, 3.05) is 13.2 Å². The lowest BCUT2D eigenvalue weighted by atomic mass is 10.2. The van der Waals surface area contributed by atoms with Gasteiger partial charge in [0, 0.05) is 10.6 Å². The highest BCUT2D eigenvalue weighted by molar-refractivity contribution is 6.40. The van der Waals surface area contributed by atoms with Crippen LogP contribution < -0.4 is 9.47 Å². The van der Waals surface area contributed by atoms with Crippen LogP contribution in [0.3, 0.4) is 0 Å². The summed E-state index contributed by atoms with van der Waals surface area (Å²) >= 11 is 17.8. The molecule has 0 fully saturated rings. The Morgan fingerprint density at radius 1 is 0.952 bits per heavy atom. The van der Waals surface area contributed by atoms with Gasteiger partial charge in [-0.15, -0.1) is 0 Å². The number of carbonyl (C=O) groups excluding carboxylic acids is 1. The summed E-state index contributed by atoms with van der Waals surface area (Å²) < 4.78 is 11.0. The van der Waals surface area contributed by atoms with E-state index < -0.39 is 0 Å². The highest BCUT2D eigenvalue weighted by atomic mass is 35.5. The van der Waals surface area contributed by atoms with Crippen LogP contribution in [-0.2, 0) is 0 Å². The number of halogens is 3. The fourth-order valence-electron chi connectivity index (χ4n) is 1.65. The van der Waals surface area contributed by atoms with Crippen LogP contribution in [0.2, 0.25) is 15.1 Å². The van der Waals surface area contributed by atoms with Gasteiger partial charge in [0.05, 0.1) is 10.0 Å². The second-order valence-electron chi connectivity index (χ2n) is 4.09. The van der Waals surface area contributed by atoms with Gasteiger partial charge >= 0.3 is 0 Å². The molecule has 0 N–H and O–H groups in total. The van der Waals surface area contributed by atoms with Gasteiger partial charge in [-0.2, -0.15) is 0 Å². The fourth-order valence-corrected chi connectivity index (χ4v) is 2.57. The SMILES string of the molecule is O=Cc1cccc(OCCOc2c(Cl)cc(Cl)cc2Cl)c1. The van der Waals surface area contributed by atoms with Gasteiger partial charge in [-0.1, -0.05) is 46.9 Å². The van der Waals surface area contributed by atoms with Gasteiger partial charge in [0.1, 0.15) is 25.2 Å². The number of hydrogen-bond donors (Lipinski definition) is 0. The van der Waals surface area contributed by atoms with E-state index in [9.17, 15) is 4.79 Å². The van der Waals surface area contributed by atoms with E-state index in [1.54, 1.807) is 36.4 Å². The molecule has 0 heterocycles. The van der Waals surface area contributed by atoms with Crippen molar-refractivity contribution >= 4 is 41.1 Å². The van der Waals surface area contributed by atoms with Crippen LogP contribution in [0, 0.1) is 0 Å². The normalized spacial score (nSPS) is 10.2. The molecule has 0 aromatic heterocycles. The van der Waals surface area contributed by atoms with Crippen molar-refractivity contribution < 1.29 is 14.3 Å². The molecule has 2 aromatic rings. The monoisotopic (exact) mass is 344 g/mol. The molecule has 3 nitrogen and oxygen atoms in total. The Morgan fingerprint density at radius 3 is 2.29 bits per heavy atom. The van der Waals surface area contributed by atoms with E-state index in [-0.39, 0.29) is 13.2 Å². The molecule has 0 aliphatic rings. The molecule has 0 unspecified atom stereocenters. The zero-order chi connectivity index (χ0) is 15.2. The van der Waals surface area contributed by atoms with Gasteiger partial charge < -0.3 is 9.47 Å². The number of benzene rings is 2. The van der Waals surface area contributed by atoms with E-state index in [4.69, 9.17) is 44.3 Å². The number of aldehydes is 1. The maximum Gasteiger partial charge on any atom is 0.156 e. The van der Waals surface area contributed by atoms with Crippen LogP contribution in [0.1, 0.15) is 10.4 Å². The van der Waals surface area contributed by atoms with Crippen molar-refractivity contribution in [1.29, 1.82) is 0 Å². The minimum Gasteiger partial charge on any atom is -0.490 e. The molecule has 0 saturated heterocycles. The van der Waals surface area contributed by atoms with Crippen LogP contribution in [0.25, 0.3) is 0 Å². The smallest absolute Gasteiger partial charge is 0.156 e. The molecule has 0 saturated carbocycles. The van der Waals surface area contributed by atoms with E-state index in [1.807, 2.05) is 0 Å². The Bertz CT molecular complexity index is 621. The van der Waals surface area contributed by atoms with Gasteiger partial charge in [0.15, 0.2) is 5.75 Å². The Balaban J connectivity index is 1.89. The van der Waals surface area contributed by atoms with Crippen LogP contribution in [0.4, 0.5) is 0 Å². The van der Waals surface area contributed by atoms with Crippen molar-refractivity contribution in [3.63, 3.8) is 0 Å². The zero-order valence-electron chi connectivity index (χ0n) is 10.8. The third-order valence-corrected chi connectivity index (χ3v) is 3.34. The largest absolute Gasteiger partial charge is 0.490 e. The molecule has 21 heavy (non-hydrogen) atoms. The Kier molecular flexibility index (Phi) is 5.74.